The normalized spacial score (nSPS) is 18.6. The Balaban J connectivity index is 0.000000318. The summed E-state index contributed by atoms with van der Waals surface area (Å²) in [5, 5.41) is 13.0. The lowest BCUT2D eigenvalue weighted by atomic mass is 10.0. The van der Waals surface area contributed by atoms with Gasteiger partial charge < -0.3 is 20.2 Å². The number of carbonyl (C=O) groups is 1. The van der Waals surface area contributed by atoms with Gasteiger partial charge in [-0.2, -0.15) is 0 Å². The molecule has 1 unspecified atom stereocenters. The van der Waals surface area contributed by atoms with E-state index in [4.69, 9.17) is 0 Å². The number of terminal acetylenes is 1. The average Bonchev–Trinajstić information content (AvgIpc) is 3.10. The summed E-state index contributed by atoms with van der Waals surface area (Å²) in [7, 11) is 2.10. The van der Waals surface area contributed by atoms with E-state index in [1.165, 1.54) is 0 Å². The Bertz CT molecular complexity index is 974. The number of nitrogens with one attached hydrogen (secondary N) is 1. The van der Waals surface area contributed by atoms with Crippen LogP contribution in [-0.4, -0.2) is 91.2 Å². The van der Waals surface area contributed by atoms with Gasteiger partial charge in [-0.3, -0.25) is 9.69 Å². The van der Waals surface area contributed by atoms with Crippen LogP contribution in [0.4, 0.5) is 0 Å². The maximum atomic E-state index is 12.8. The lowest BCUT2D eigenvalue weighted by molar-refractivity contribution is 0.0762. The van der Waals surface area contributed by atoms with E-state index in [0.29, 0.717) is 12.5 Å². The van der Waals surface area contributed by atoms with Gasteiger partial charge >= 0.3 is 0 Å². The molecule has 194 valence electrons. The zero-order valence-corrected chi connectivity index (χ0v) is 21.9. The van der Waals surface area contributed by atoms with Crippen molar-refractivity contribution < 1.29 is 9.90 Å². The Morgan fingerprint density at radius 1 is 1.08 bits per heavy atom. The summed E-state index contributed by atoms with van der Waals surface area (Å²) < 4.78 is 0. The number of phenols is 1. The zero-order valence-electron chi connectivity index (χ0n) is 21.9. The first-order chi connectivity index (χ1) is 17.4. The summed E-state index contributed by atoms with van der Waals surface area (Å²) in [5.41, 5.74) is 2.87. The first kappa shape index (κ1) is 29.1. The van der Waals surface area contributed by atoms with Gasteiger partial charge in [-0.25, -0.2) is 0 Å². The van der Waals surface area contributed by atoms with Gasteiger partial charge in [-0.1, -0.05) is 30.3 Å². The number of benzene rings is 2. The molecule has 36 heavy (non-hydrogen) atoms. The fraction of sp³-hybridized carbons (Fsp3) is 0.433. The molecule has 2 heterocycles. The molecule has 1 amide bonds. The molecule has 6 nitrogen and oxygen atoms in total. The third-order valence-electron chi connectivity index (χ3n) is 6.34. The molecule has 0 aromatic heterocycles. The molecule has 0 radical (unpaired) electrons. The Hall–Kier alpha value is -3.11. The van der Waals surface area contributed by atoms with Gasteiger partial charge in [0.15, 0.2) is 0 Å². The van der Waals surface area contributed by atoms with Crippen molar-refractivity contribution >= 4 is 5.91 Å². The van der Waals surface area contributed by atoms with Crippen LogP contribution in [0.2, 0.25) is 0 Å². The van der Waals surface area contributed by atoms with Crippen molar-refractivity contribution in [1.29, 1.82) is 0 Å². The molecule has 6 heteroatoms. The zero-order chi connectivity index (χ0) is 26.3. The first-order valence-corrected chi connectivity index (χ1v) is 12.7. The summed E-state index contributed by atoms with van der Waals surface area (Å²) >= 11 is 0. The number of carbonyl (C=O) groups excluding carboxylic acids is 1. The van der Waals surface area contributed by atoms with Crippen LogP contribution in [0.5, 0.6) is 5.75 Å². The number of hydrogen-bond donors (Lipinski definition) is 2. The second-order valence-corrected chi connectivity index (χ2v) is 9.40. The van der Waals surface area contributed by atoms with Crippen LogP contribution in [-0.2, 0) is 6.42 Å². The standard InChI is InChI=1S/C20H24N2O2.C8H16N2.C2H2/c1-21-9-4-10-22(12-11-21)20(24)18-7-2-5-16(14-18)13-17-6-3-8-19(23)15-17;1-3-5-10-6-4-9-8(2)7-10;1-2/h2-3,5-8,14-15,23H,4,9-13H2,1H3;3,8-9H,1,4-7H2,2H3;1-2H. The summed E-state index contributed by atoms with van der Waals surface area (Å²) in [4.78, 5) is 19.4. The number of nitrogens with zero attached hydrogens (tertiary/aromatic N) is 3. The van der Waals surface area contributed by atoms with Crippen LogP contribution in [0.25, 0.3) is 0 Å². The highest BCUT2D eigenvalue weighted by molar-refractivity contribution is 5.94. The molecule has 0 bridgehead atoms. The minimum Gasteiger partial charge on any atom is -0.508 e. The van der Waals surface area contributed by atoms with Gasteiger partial charge in [-0.15, -0.1) is 19.4 Å². The molecule has 2 fully saturated rings. The van der Waals surface area contributed by atoms with E-state index in [2.05, 4.69) is 48.5 Å². The molecule has 2 aromatic rings. The van der Waals surface area contributed by atoms with E-state index in [1.54, 1.807) is 12.1 Å². The fourth-order valence-corrected chi connectivity index (χ4v) is 4.51. The molecular weight excluding hydrogens is 448 g/mol. The van der Waals surface area contributed by atoms with E-state index in [0.717, 1.165) is 75.5 Å². The highest BCUT2D eigenvalue weighted by Crippen LogP contribution is 2.17. The molecule has 0 aliphatic carbocycles. The number of rotatable bonds is 5. The number of aromatic hydroxyl groups is 1. The molecule has 0 saturated carbocycles. The SMILES string of the molecule is C#C.C=CCN1CCNC(C)C1.CN1CCCN(C(=O)c2cccc(Cc3cccc(O)c3)c2)CC1. The fourth-order valence-electron chi connectivity index (χ4n) is 4.51. The largest absolute Gasteiger partial charge is 0.508 e. The van der Waals surface area contributed by atoms with Gasteiger partial charge in [0.25, 0.3) is 5.91 Å². The van der Waals surface area contributed by atoms with Crippen LogP contribution < -0.4 is 5.32 Å². The first-order valence-electron chi connectivity index (χ1n) is 12.7. The Morgan fingerprint density at radius 2 is 1.81 bits per heavy atom. The van der Waals surface area contributed by atoms with Crippen molar-refractivity contribution in [3.05, 3.63) is 77.9 Å². The smallest absolute Gasteiger partial charge is 0.253 e. The van der Waals surface area contributed by atoms with E-state index in [-0.39, 0.29) is 11.7 Å². The number of phenolic OH excluding ortho intramolecular Hbond substituents is 1. The second kappa shape index (κ2) is 15.8. The highest BCUT2D eigenvalue weighted by atomic mass is 16.3. The summed E-state index contributed by atoms with van der Waals surface area (Å²) in [6.45, 7) is 14.0. The lowest BCUT2D eigenvalue weighted by Crippen LogP contribution is -2.49. The predicted molar refractivity (Wildman–Crippen MR) is 149 cm³/mol. The minimum absolute atomic E-state index is 0.114. The van der Waals surface area contributed by atoms with Crippen molar-refractivity contribution in [3.8, 4) is 18.6 Å². The van der Waals surface area contributed by atoms with E-state index in [1.807, 2.05) is 47.4 Å². The molecule has 2 aliphatic rings. The van der Waals surface area contributed by atoms with E-state index < -0.39 is 0 Å². The van der Waals surface area contributed by atoms with E-state index in [9.17, 15) is 9.90 Å². The maximum absolute atomic E-state index is 12.8. The minimum atomic E-state index is 0.114. The van der Waals surface area contributed by atoms with Crippen molar-refractivity contribution in [2.24, 2.45) is 0 Å². The number of amides is 1. The third kappa shape index (κ3) is 9.87. The maximum Gasteiger partial charge on any atom is 0.253 e. The summed E-state index contributed by atoms with van der Waals surface area (Å²) in [6, 6.07) is 15.7. The topological polar surface area (TPSA) is 59.0 Å². The van der Waals surface area contributed by atoms with Gasteiger partial charge in [0, 0.05) is 57.4 Å². The Morgan fingerprint density at radius 3 is 2.50 bits per heavy atom. The second-order valence-electron chi connectivity index (χ2n) is 9.40. The monoisotopic (exact) mass is 490 g/mol. The third-order valence-corrected chi connectivity index (χ3v) is 6.34. The average molecular weight is 491 g/mol. The highest BCUT2D eigenvalue weighted by Gasteiger charge is 2.19. The molecule has 2 aliphatic heterocycles. The predicted octanol–water partition coefficient (Wildman–Crippen LogP) is 3.48. The Kier molecular flexibility index (Phi) is 12.8. The molecular formula is C30H42N4O2. The molecule has 0 spiro atoms. The molecule has 2 saturated heterocycles. The van der Waals surface area contributed by atoms with Gasteiger partial charge in [0.1, 0.15) is 5.75 Å². The van der Waals surface area contributed by atoms with Crippen LogP contribution in [0.15, 0.2) is 61.2 Å². The van der Waals surface area contributed by atoms with Gasteiger partial charge in [0.05, 0.1) is 0 Å². The number of hydrogen-bond acceptors (Lipinski definition) is 5. The lowest BCUT2D eigenvalue weighted by Gasteiger charge is -2.30. The van der Waals surface area contributed by atoms with E-state index >= 15 is 0 Å². The Labute approximate surface area is 217 Å². The quantitative estimate of drug-likeness (QED) is 0.497. The molecule has 2 aromatic carbocycles. The van der Waals surface area contributed by atoms with Gasteiger partial charge in [-0.05, 0) is 68.8 Å². The molecule has 2 N–H and O–H groups in total. The van der Waals surface area contributed by atoms with Crippen molar-refractivity contribution in [1.82, 2.24) is 20.0 Å². The van der Waals surface area contributed by atoms with Crippen molar-refractivity contribution in [3.63, 3.8) is 0 Å². The van der Waals surface area contributed by atoms with Crippen LogP contribution >= 0.6 is 0 Å². The van der Waals surface area contributed by atoms with Gasteiger partial charge in [0.2, 0.25) is 0 Å². The molecule has 1 atom stereocenters. The number of likely N-dealkylation sites (N-methyl/N-ethyl adjacent to an activating group) is 1. The van der Waals surface area contributed by atoms with Crippen molar-refractivity contribution in [2.75, 3.05) is 59.4 Å². The van der Waals surface area contributed by atoms with Crippen LogP contribution in [0.1, 0.15) is 34.8 Å². The summed E-state index contributed by atoms with van der Waals surface area (Å²) in [5.74, 6) is 0.386. The van der Waals surface area contributed by atoms with Crippen LogP contribution in [0, 0.1) is 12.8 Å². The van der Waals surface area contributed by atoms with Crippen molar-refractivity contribution in [2.45, 2.75) is 25.8 Å². The molecule has 4 rings (SSSR count). The summed E-state index contributed by atoms with van der Waals surface area (Å²) in [6.07, 6.45) is 11.7. The number of piperazine rings is 1. The van der Waals surface area contributed by atoms with Crippen LogP contribution in [0.3, 0.4) is 0 Å².